The number of rotatable bonds is 20. The molecule has 0 bridgehead atoms. The van der Waals surface area contributed by atoms with E-state index in [4.69, 9.17) is 9.05 Å². The molecule has 3 nitrogen and oxygen atoms in total. The van der Waals surface area contributed by atoms with Gasteiger partial charge >= 0.3 is 350 Å². The predicted molar refractivity (Wildman–Crippen MR) is 249 cm³/mol. The Morgan fingerprint density at radius 1 is 0.491 bits per heavy atom. The van der Waals surface area contributed by atoms with Crippen LogP contribution in [0.3, 0.4) is 0 Å². The Kier molecular flexibility index (Phi) is 15.1. The van der Waals surface area contributed by atoms with E-state index in [-0.39, 0.29) is 10.8 Å². The third-order valence-corrected chi connectivity index (χ3v) is 16.1. The third-order valence-electron chi connectivity index (χ3n) is 12.0. The second kappa shape index (κ2) is 19.1. The molecule has 57 heavy (non-hydrogen) atoms. The van der Waals surface area contributed by atoms with Gasteiger partial charge in [-0.2, -0.15) is 0 Å². The Labute approximate surface area is 348 Å². The minimum atomic E-state index is -4.62. The van der Waals surface area contributed by atoms with Gasteiger partial charge in [0, 0.05) is 0 Å². The molecule has 0 amide bonds. The molecular formula is C53H77O3P. The first-order valence-corrected chi connectivity index (χ1v) is 24.7. The van der Waals surface area contributed by atoms with E-state index in [2.05, 4.69) is 140 Å². The van der Waals surface area contributed by atoms with Crippen LogP contribution in [0.1, 0.15) is 181 Å². The zero-order valence-electron chi connectivity index (χ0n) is 37.6. The molecular weight excluding hydrogens is 716 g/mol. The number of benzene rings is 4. The van der Waals surface area contributed by atoms with Crippen molar-refractivity contribution >= 4 is 17.9 Å². The topological polar surface area (TPSA) is 38.7 Å². The van der Waals surface area contributed by atoms with Crippen LogP contribution in [-0.4, -0.2) is 10.7 Å². The Balaban J connectivity index is 1.78. The summed E-state index contributed by atoms with van der Waals surface area (Å²) >= 11 is 0. The van der Waals surface area contributed by atoms with Gasteiger partial charge in [-0.05, 0) is 0 Å². The van der Waals surface area contributed by atoms with Crippen LogP contribution < -0.4 is 10.6 Å². The van der Waals surface area contributed by atoms with Crippen molar-refractivity contribution in [2.24, 2.45) is 0 Å². The number of hydrogen-bond donors (Lipinski definition) is 1. The molecule has 1 fully saturated rings. The molecule has 1 aliphatic heterocycles. The Bertz CT molecular complexity index is 1900. The molecule has 1 N–H and O–H groups in total. The van der Waals surface area contributed by atoms with Crippen LogP contribution in [0.2, 0.25) is 0 Å². The van der Waals surface area contributed by atoms with Crippen molar-refractivity contribution in [1.82, 2.24) is 0 Å². The summed E-state index contributed by atoms with van der Waals surface area (Å²) in [5.41, 5.74) is 9.64. The average Bonchev–Trinajstić information content (AvgIpc) is 3.15. The summed E-state index contributed by atoms with van der Waals surface area (Å²) in [6.07, 6.45) is 18.9. The first-order valence-electron chi connectivity index (χ1n) is 22.7. The molecule has 1 aliphatic rings. The SMILES string of the molecule is CCCCCCCCCc1ccccc1P1(O)(c2ccc(-c3ccccc3C(C)(C)C)c(-c3ccccc3C(C)(C)C)c2CCCCCCCCC)OC(C)(C)O1. The Morgan fingerprint density at radius 2 is 0.947 bits per heavy atom. The zero-order valence-corrected chi connectivity index (χ0v) is 38.5. The summed E-state index contributed by atoms with van der Waals surface area (Å²) in [4.78, 5) is 13.9. The van der Waals surface area contributed by atoms with Crippen molar-refractivity contribution in [1.29, 1.82) is 0 Å². The number of aryl methyl sites for hydroxylation is 1. The van der Waals surface area contributed by atoms with Gasteiger partial charge in [0.25, 0.3) is 0 Å². The minimum absolute atomic E-state index is 0.0679. The predicted octanol–water partition coefficient (Wildman–Crippen LogP) is 15.2. The summed E-state index contributed by atoms with van der Waals surface area (Å²) in [6.45, 7) is 22.4. The fourth-order valence-corrected chi connectivity index (χ4v) is 13.7. The summed E-state index contributed by atoms with van der Waals surface area (Å²) in [5.74, 6) is -0.920. The van der Waals surface area contributed by atoms with E-state index in [1.807, 2.05) is 13.8 Å². The molecule has 4 aromatic rings. The standard InChI is InChI=1S/C53H77O3P/c1-11-13-15-17-19-21-23-31-41-32-25-30-38-48(41)57(54,55-53(9,10)56-57)49-40-39-43(42-33-26-28-36-46(42)51(3,4)5)50(44-34-27-29-37-47(44)52(6,7)8)45(49)35-24-22-20-18-16-14-12-2/h25-30,32-34,36-40,54H,11-24,31,35H2,1-10H3. The van der Waals surface area contributed by atoms with Crippen molar-refractivity contribution in [3.05, 3.63) is 107 Å². The van der Waals surface area contributed by atoms with Gasteiger partial charge < -0.3 is 0 Å². The molecule has 0 aromatic heterocycles. The van der Waals surface area contributed by atoms with Crippen molar-refractivity contribution in [3.63, 3.8) is 0 Å². The number of hydrogen-bond acceptors (Lipinski definition) is 3. The van der Waals surface area contributed by atoms with E-state index >= 15 is 0 Å². The summed E-state index contributed by atoms with van der Waals surface area (Å²) < 4.78 is 14.1. The summed E-state index contributed by atoms with van der Waals surface area (Å²) in [5, 5.41) is 1.68. The van der Waals surface area contributed by atoms with Gasteiger partial charge in [0.1, 0.15) is 0 Å². The molecule has 0 saturated carbocycles. The van der Waals surface area contributed by atoms with Crippen LogP contribution in [0.4, 0.5) is 0 Å². The van der Waals surface area contributed by atoms with Crippen LogP contribution >= 0.6 is 7.28 Å². The maximum absolute atomic E-state index is 13.9. The quantitative estimate of drug-likeness (QED) is 0.0716. The molecule has 4 heteroatoms. The van der Waals surface area contributed by atoms with E-state index in [1.54, 1.807) is 0 Å². The van der Waals surface area contributed by atoms with Gasteiger partial charge in [0.05, 0.1) is 0 Å². The van der Waals surface area contributed by atoms with Crippen molar-refractivity contribution in [2.45, 2.75) is 189 Å². The summed E-state index contributed by atoms with van der Waals surface area (Å²) in [7, 11) is -4.62. The first kappa shape index (κ1) is 45.3. The van der Waals surface area contributed by atoms with E-state index in [9.17, 15) is 4.89 Å². The Morgan fingerprint density at radius 3 is 1.49 bits per heavy atom. The van der Waals surface area contributed by atoms with Gasteiger partial charge in [-0.15, -0.1) is 0 Å². The number of unbranched alkanes of at least 4 members (excludes halogenated alkanes) is 12. The van der Waals surface area contributed by atoms with Gasteiger partial charge in [-0.1, -0.05) is 0 Å². The molecule has 4 aromatic carbocycles. The second-order valence-electron chi connectivity index (χ2n) is 19.4. The van der Waals surface area contributed by atoms with Crippen LogP contribution in [0, 0.1) is 0 Å². The zero-order chi connectivity index (χ0) is 41.3. The maximum atomic E-state index is 13.9. The second-order valence-corrected chi connectivity index (χ2v) is 22.6. The molecule has 0 unspecified atom stereocenters. The molecule has 0 atom stereocenters. The fraction of sp³-hybridized carbons (Fsp3) is 0.547. The van der Waals surface area contributed by atoms with Crippen molar-refractivity contribution in [2.75, 3.05) is 0 Å². The molecule has 312 valence electrons. The third kappa shape index (κ3) is 10.5. The van der Waals surface area contributed by atoms with Crippen molar-refractivity contribution in [3.8, 4) is 22.3 Å². The van der Waals surface area contributed by atoms with Crippen LogP contribution in [0.25, 0.3) is 22.3 Å². The van der Waals surface area contributed by atoms with Crippen molar-refractivity contribution < 1.29 is 13.9 Å². The first-order chi connectivity index (χ1) is 27.0. The molecule has 0 aliphatic carbocycles. The van der Waals surface area contributed by atoms with E-state index < -0.39 is 13.1 Å². The normalized spacial score (nSPS) is 16.8. The molecule has 0 radical (unpaired) electrons. The van der Waals surface area contributed by atoms with Gasteiger partial charge in [-0.25, -0.2) is 0 Å². The monoisotopic (exact) mass is 793 g/mol. The average molecular weight is 793 g/mol. The van der Waals surface area contributed by atoms with Gasteiger partial charge in [0.15, 0.2) is 0 Å². The van der Waals surface area contributed by atoms with Gasteiger partial charge in [0.2, 0.25) is 0 Å². The van der Waals surface area contributed by atoms with Crippen LogP contribution in [0.15, 0.2) is 84.9 Å². The van der Waals surface area contributed by atoms with Gasteiger partial charge in [-0.3, -0.25) is 0 Å². The molecule has 5 rings (SSSR count). The summed E-state index contributed by atoms with van der Waals surface area (Å²) in [6, 6.07) is 30.9. The van der Waals surface area contributed by atoms with E-state index in [0.717, 1.165) is 48.3 Å². The molecule has 0 spiro atoms. The Hall–Kier alpha value is -2.81. The fourth-order valence-electron chi connectivity index (χ4n) is 9.31. The van der Waals surface area contributed by atoms with E-state index in [1.165, 1.54) is 110 Å². The van der Waals surface area contributed by atoms with Crippen LogP contribution in [-0.2, 0) is 32.7 Å². The van der Waals surface area contributed by atoms with E-state index in [0.29, 0.717) is 0 Å². The molecule has 1 heterocycles. The molecule has 1 saturated heterocycles. The van der Waals surface area contributed by atoms with Crippen LogP contribution in [0.5, 0.6) is 0 Å².